The first kappa shape index (κ1) is 24.5. The van der Waals surface area contributed by atoms with Crippen LogP contribution in [0.4, 0.5) is 14.5 Å². The van der Waals surface area contributed by atoms with Gasteiger partial charge in [-0.05, 0) is 36.4 Å². The number of aromatic nitrogens is 3. The van der Waals surface area contributed by atoms with E-state index in [1.807, 2.05) is 0 Å². The highest BCUT2D eigenvalue weighted by Crippen LogP contribution is 2.41. The second-order valence-electron chi connectivity index (χ2n) is 7.40. The third kappa shape index (κ3) is 4.90. The SMILES string of the molecule is COc1cccc(-n2nc(C(=O)Nc3cc(F)cc(F)c3)nc2-c2cc(OC)c(OC)c(OC)c2)c1. The molecule has 0 aliphatic carbocycles. The van der Waals surface area contributed by atoms with Crippen molar-refractivity contribution >= 4 is 11.6 Å². The lowest BCUT2D eigenvalue weighted by Gasteiger charge is -2.14. The van der Waals surface area contributed by atoms with E-state index in [1.165, 1.54) is 33.1 Å². The monoisotopic (exact) mass is 496 g/mol. The number of methoxy groups -OCH3 is 4. The maximum Gasteiger partial charge on any atom is 0.295 e. The average Bonchev–Trinajstić information content (AvgIpc) is 3.33. The number of amides is 1. The number of carbonyl (C=O) groups excluding carboxylic acids is 1. The highest BCUT2D eigenvalue weighted by molar-refractivity contribution is 6.01. The number of nitrogens with one attached hydrogen (secondary N) is 1. The number of ether oxygens (including phenoxy) is 4. The Kier molecular flexibility index (Phi) is 7.00. The van der Waals surface area contributed by atoms with E-state index in [2.05, 4.69) is 15.4 Å². The van der Waals surface area contributed by atoms with E-state index < -0.39 is 17.5 Å². The molecule has 9 nitrogen and oxygen atoms in total. The van der Waals surface area contributed by atoms with Crippen LogP contribution in [0.5, 0.6) is 23.0 Å². The molecule has 11 heteroatoms. The number of hydrogen-bond donors (Lipinski definition) is 1. The van der Waals surface area contributed by atoms with Crippen LogP contribution in [0, 0.1) is 11.6 Å². The zero-order valence-electron chi connectivity index (χ0n) is 19.8. The largest absolute Gasteiger partial charge is 0.497 e. The van der Waals surface area contributed by atoms with E-state index >= 15 is 0 Å². The van der Waals surface area contributed by atoms with Gasteiger partial charge in [0.15, 0.2) is 17.3 Å². The lowest BCUT2D eigenvalue weighted by atomic mass is 10.1. The maximum absolute atomic E-state index is 13.6. The van der Waals surface area contributed by atoms with Crippen molar-refractivity contribution in [2.75, 3.05) is 33.8 Å². The van der Waals surface area contributed by atoms with Gasteiger partial charge >= 0.3 is 0 Å². The molecular formula is C25H22F2N4O5. The molecule has 1 aromatic heterocycles. The summed E-state index contributed by atoms with van der Waals surface area (Å²) in [4.78, 5) is 17.4. The fraction of sp³-hybridized carbons (Fsp3) is 0.160. The van der Waals surface area contributed by atoms with Crippen molar-refractivity contribution in [3.63, 3.8) is 0 Å². The summed E-state index contributed by atoms with van der Waals surface area (Å²) in [7, 11) is 5.96. The third-order valence-corrected chi connectivity index (χ3v) is 5.15. The molecule has 0 spiro atoms. The fourth-order valence-electron chi connectivity index (χ4n) is 3.54. The number of rotatable bonds is 8. The molecular weight excluding hydrogens is 474 g/mol. The van der Waals surface area contributed by atoms with Crippen molar-refractivity contribution in [1.29, 1.82) is 0 Å². The molecule has 1 heterocycles. The first-order valence-electron chi connectivity index (χ1n) is 10.6. The van der Waals surface area contributed by atoms with Gasteiger partial charge in [-0.3, -0.25) is 4.79 Å². The van der Waals surface area contributed by atoms with Crippen molar-refractivity contribution in [2.24, 2.45) is 0 Å². The molecule has 0 aliphatic heterocycles. The van der Waals surface area contributed by atoms with Gasteiger partial charge in [-0.1, -0.05) is 6.07 Å². The van der Waals surface area contributed by atoms with Crippen molar-refractivity contribution < 1.29 is 32.5 Å². The van der Waals surface area contributed by atoms with Gasteiger partial charge in [0.25, 0.3) is 5.91 Å². The van der Waals surface area contributed by atoms with Gasteiger partial charge < -0.3 is 24.3 Å². The summed E-state index contributed by atoms with van der Waals surface area (Å²) in [6, 6.07) is 13.0. The first-order chi connectivity index (χ1) is 17.4. The quantitative estimate of drug-likeness (QED) is 0.384. The molecule has 0 bridgehead atoms. The summed E-state index contributed by atoms with van der Waals surface area (Å²) in [5, 5.41) is 6.78. The highest BCUT2D eigenvalue weighted by Gasteiger charge is 2.23. The van der Waals surface area contributed by atoms with Crippen LogP contribution >= 0.6 is 0 Å². The molecule has 0 saturated heterocycles. The lowest BCUT2D eigenvalue weighted by Crippen LogP contribution is -2.14. The van der Waals surface area contributed by atoms with Crippen molar-refractivity contribution in [3.05, 3.63) is 72.1 Å². The highest BCUT2D eigenvalue weighted by atomic mass is 19.1. The topological polar surface area (TPSA) is 96.7 Å². The first-order valence-corrected chi connectivity index (χ1v) is 10.6. The Labute approximate surface area is 205 Å². The van der Waals surface area contributed by atoms with Crippen LogP contribution in [0.2, 0.25) is 0 Å². The Morgan fingerprint density at radius 2 is 1.53 bits per heavy atom. The molecule has 0 saturated carbocycles. The Balaban J connectivity index is 1.85. The number of benzene rings is 3. The smallest absolute Gasteiger partial charge is 0.295 e. The van der Waals surface area contributed by atoms with Crippen LogP contribution in [0.25, 0.3) is 17.1 Å². The average molecular weight is 496 g/mol. The molecule has 4 rings (SSSR count). The summed E-state index contributed by atoms with van der Waals surface area (Å²) in [5.41, 5.74) is 0.960. The predicted molar refractivity (Wildman–Crippen MR) is 127 cm³/mol. The van der Waals surface area contributed by atoms with E-state index in [9.17, 15) is 13.6 Å². The van der Waals surface area contributed by atoms with Gasteiger partial charge in [0.05, 0.1) is 34.1 Å². The Bertz CT molecular complexity index is 1380. The van der Waals surface area contributed by atoms with E-state index in [1.54, 1.807) is 36.4 Å². The van der Waals surface area contributed by atoms with Gasteiger partial charge in [-0.2, -0.15) is 0 Å². The number of anilines is 1. The minimum atomic E-state index is -0.835. The minimum Gasteiger partial charge on any atom is -0.497 e. The van der Waals surface area contributed by atoms with E-state index in [-0.39, 0.29) is 17.3 Å². The van der Waals surface area contributed by atoms with Gasteiger partial charge in [-0.25, -0.2) is 18.4 Å². The van der Waals surface area contributed by atoms with E-state index in [0.717, 1.165) is 12.1 Å². The van der Waals surface area contributed by atoms with Gasteiger partial charge in [0.2, 0.25) is 11.6 Å². The fourth-order valence-corrected chi connectivity index (χ4v) is 3.54. The van der Waals surface area contributed by atoms with Crippen LogP contribution in [-0.4, -0.2) is 49.1 Å². The summed E-state index contributed by atoms with van der Waals surface area (Å²) in [6.45, 7) is 0. The van der Waals surface area contributed by atoms with Crippen molar-refractivity contribution in [2.45, 2.75) is 0 Å². The van der Waals surface area contributed by atoms with Crippen LogP contribution in [0.1, 0.15) is 10.6 Å². The second kappa shape index (κ2) is 10.3. The predicted octanol–water partition coefficient (Wildman–Crippen LogP) is 4.50. The summed E-state index contributed by atoms with van der Waals surface area (Å²) >= 11 is 0. The third-order valence-electron chi connectivity index (χ3n) is 5.15. The number of carbonyl (C=O) groups is 1. The lowest BCUT2D eigenvalue weighted by molar-refractivity contribution is 0.101. The Hall–Kier alpha value is -4.67. The molecule has 0 radical (unpaired) electrons. The van der Waals surface area contributed by atoms with Crippen LogP contribution in [0.15, 0.2) is 54.6 Å². The molecule has 0 unspecified atom stereocenters. The maximum atomic E-state index is 13.6. The molecule has 0 aliphatic rings. The summed E-state index contributed by atoms with van der Waals surface area (Å²) in [6.07, 6.45) is 0. The van der Waals surface area contributed by atoms with Crippen LogP contribution in [-0.2, 0) is 0 Å². The molecule has 0 fully saturated rings. The Morgan fingerprint density at radius 3 is 2.11 bits per heavy atom. The molecule has 1 amide bonds. The van der Waals surface area contributed by atoms with Crippen LogP contribution in [0.3, 0.4) is 0 Å². The molecule has 4 aromatic rings. The van der Waals surface area contributed by atoms with Gasteiger partial charge in [0, 0.05) is 23.4 Å². The molecule has 36 heavy (non-hydrogen) atoms. The van der Waals surface area contributed by atoms with E-state index in [0.29, 0.717) is 40.3 Å². The number of hydrogen-bond acceptors (Lipinski definition) is 7. The normalized spacial score (nSPS) is 10.6. The number of nitrogens with zero attached hydrogens (tertiary/aromatic N) is 3. The zero-order valence-corrected chi connectivity index (χ0v) is 19.8. The zero-order chi connectivity index (χ0) is 25.8. The van der Waals surface area contributed by atoms with Crippen molar-refractivity contribution in [3.8, 4) is 40.1 Å². The summed E-state index contributed by atoms with van der Waals surface area (Å²) < 4.78 is 50.2. The summed E-state index contributed by atoms with van der Waals surface area (Å²) in [5.74, 6) is -0.750. The second-order valence-corrected chi connectivity index (χ2v) is 7.40. The Morgan fingerprint density at radius 1 is 0.861 bits per heavy atom. The molecule has 1 N–H and O–H groups in total. The van der Waals surface area contributed by atoms with Gasteiger partial charge in [-0.15, -0.1) is 5.10 Å². The van der Waals surface area contributed by atoms with Crippen LogP contribution < -0.4 is 24.3 Å². The number of halogens is 2. The van der Waals surface area contributed by atoms with E-state index in [4.69, 9.17) is 18.9 Å². The molecule has 0 atom stereocenters. The van der Waals surface area contributed by atoms with Crippen molar-refractivity contribution in [1.82, 2.24) is 14.8 Å². The minimum absolute atomic E-state index is 0.0791. The molecule has 3 aromatic carbocycles. The molecule has 186 valence electrons. The standard InChI is InChI=1S/C25H22F2N4O5/c1-33-19-7-5-6-18(13-19)31-24(14-8-20(34-2)22(36-4)21(9-14)35-3)29-23(30-31)25(32)28-17-11-15(26)10-16(27)12-17/h5-13H,1-4H3,(H,28,32). The van der Waals surface area contributed by atoms with Gasteiger partial charge in [0.1, 0.15) is 17.4 Å².